The zero-order valence-corrected chi connectivity index (χ0v) is 14.1. The summed E-state index contributed by atoms with van der Waals surface area (Å²) < 4.78 is 0. The van der Waals surface area contributed by atoms with E-state index in [1.165, 1.54) is 11.0 Å². The Kier molecular flexibility index (Phi) is 6.49. The fourth-order valence-corrected chi connectivity index (χ4v) is 2.41. The lowest BCUT2D eigenvalue weighted by Gasteiger charge is -2.23. The van der Waals surface area contributed by atoms with Crippen LogP contribution in [-0.2, 0) is 4.79 Å². The van der Waals surface area contributed by atoms with Crippen LogP contribution in [0.2, 0.25) is 10.0 Å². The summed E-state index contributed by atoms with van der Waals surface area (Å²) in [6.45, 7) is 3.99. The fourth-order valence-electron chi connectivity index (χ4n) is 1.91. The van der Waals surface area contributed by atoms with Crippen molar-refractivity contribution in [1.29, 1.82) is 0 Å². The van der Waals surface area contributed by atoms with Gasteiger partial charge in [0, 0.05) is 19.1 Å². The van der Waals surface area contributed by atoms with E-state index < -0.39 is 6.04 Å². The number of halogens is 2. The van der Waals surface area contributed by atoms with E-state index in [1.807, 2.05) is 13.8 Å². The second-order valence-corrected chi connectivity index (χ2v) is 6.36. The van der Waals surface area contributed by atoms with Crippen LogP contribution in [0.15, 0.2) is 18.2 Å². The summed E-state index contributed by atoms with van der Waals surface area (Å²) in [5.74, 6) is -0.237. The van der Waals surface area contributed by atoms with Crippen molar-refractivity contribution in [2.45, 2.75) is 26.3 Å². The second kappa shape index (κ2) is 7.66. The number of benzene rings is 1. The molecule has 4 nitrogen and oxygen atoms in total. The average molecular weight is 331 g/mol. The molecule has 2 amide bonds. The summed E-state index contributed by atoms with van der Waals surface area (Å²) in [5, 5.41) is 3.47. The van der Waals surface area contributed by atoms with Gasteiger partial charge in [-0.05, 0) is 30.5 Å². The molecule has 1 atom stereocenters. The number of likely N-dealkylation sites (N-methyl/N-ethyl adjacent to an activating group) is 1. The molecule has 0 saturated heterocycles. The Morgan fingerprint density at radius 2 is 1.86 bits per heavy atom. The number of carbonyl (C=O) groups excluding carboxylic acids is 2. The van der Waals surface area contributed by atoms with Gasteiger partial charge in [-0.1, -0.05) is 37.0 Å². The lowest BCUT2D eigenvalue weighted by molar-refractivity contribution is -0.131. The zero-order valence-electron chi connectivity index (χ0n) is 12.6. The van der Waals surface area contributed by atoms with Crippen LogP contribution in [0.4, 0.5) is 0 Å². The van der Waals surface area contributed by atoms with Gasteiger partial charge in [0.05, 0.1) is 10.6 Å². The van der Waals surface area contributed by atoms with Gasteiger partial charge < -0.3 is 10.2 Å². The van der Waals surface area contributed by atoms with Crippen molar-refractivity contribution < 1.29 is 9.59 Å². The number of hydrogen-bond donors (Lipinski definition) is 1. The quantitative estimate of drug-likeness (QED) is 0.901. The first-order valence-electron chi connectivity index (χ1n) is 6.69. The van der Waals surface area contributed by atoms with E-state index in [2.05, 4.69) is 5.32 Å². The number of nitrogens with one attached hydrogen (secondary N) is 1. The topological polar surface area (TPSA) is 49.4 Å². The molecule has 0 bridgehead atoms. The predicted octanol–water partition coefficient (Wildman–Crippen LogP) is 3.23. The van der Waals surface area contributed by atoms with Gasteiger partial charge >= 0.3 is 0 Å². The van der Waals surface area contributed by atoms with Gasteiger partial charge in [-0.15, -0.1) is 0 Å². The summed E-state index contributed by atoms with van der Waals surface area (Å²) in [6, 6.07) is 4.07. The third-order valence-electron chi connectivity index (χ3n) is 2.93. The normalized spacial score (nSPS) is 12.1. The molecular weight excluding hydrogens is 311 g/mol. The number of nitrogens with zero attached hydrogens (tertiary/aromatic N) is 1. The van der Waals surface area contributed by atoms with E-state index in [9.17, 15) is 9.59 Å². The molecule has 0 aliphatic rings. The van der Waals surface area contributed by atoms with E-state index in [4.69, 9.17) is 23.2 Å². The smallest absolute Gasteiger partial charge is 0.253 e. The maximum absolute atomic E-state index is 12.3. The highest BCUT2D eigenvalue weighted by atomic mass is 35.5. The Labute approximate surface area is 135 Å². The minimum absolute atomic E-state index is 0.137. The number of amides is 2. The molecule has 0 spiro atoms. The molecule has 0 heterocycles. The van der Waals surface area contributed by atoms with Crippen LogP contribution in [0.5, 0.6) is 0 Å². The Balaban J connectivity index is 2.92. The second-order valence-electron chi connectivity index (χ2n) is 5.51. The molecule has 1 unspecified atom stereocenters. The predicted molar refractivity (Wildman–Crippen MR) is 85.9 cm³/mol. The van der Waals surface area contributed by atoms with Crippen molar-refractivity contribution in [3.63, 3.8) is 0 Å². The van der Waals surface area contributed by atoms with Crippen LogP contribution in [-0.4, -0.2) is 36.9 Å². The van der Waals surface area contributed by atoms with Crippen molar-refractivity contribution in [3.8, 4) is 0 Å². The van der Waals surface area contributed by atoms with Gasteiger partial charge in [0.15, 0.2) is 0 Å². The maximum atomic E-state index is 12.3. The molecule has 0 saturated carbocycles. The lowest BCUT2D eigenvalue weighted by Crippen LogP contribution is -2.47. The average Bonchev–Trinajstić information content (AvgIpc) is 2.36. The molecule has 116 valence electrons. The zero-order chi connectivity index (χ0) is 16.2. The van der Waals surface area contributed by atoms with Crippen LogP contribution in [0, 0.1) is 5.92 Å². The minimum Gasteiger partial charge on any atom is -0.347 e. The Hall–Kier alpha value is -1.26. The number of carbonyl (C=O) groups is 2. The Morgan fingerprint density at radius 1 is 1.24 bits per heavy atom. The standard InChI is InChI=1S/C15H20Cl2N2O2/c1-9(2)7-13(15(21)19(3)4)18-14(20)11-6-5-10(16)8-12(11)17/h5-6,8-9,13H,7H2,1-4H3,(H,18,20). The van der Waals surface area contributed by atoms with Gasteiger partial charge in [0.25, 0.3) is 5.91 Å². The summed E-state index contributed by atoms with van der Waals surface area (Å²) >= 11 is 11.8. The molecule has 1 N–H and O–H groups in total. The Bertz CT molecular complexity index is 530. The summed E-state index contributed by atoms with van der Waals surface area (Å²) in [5.41, 5.74) is 0.307. The van der Waals surface area contributed by atoms with Gasteiger partial charge in [-0.3, -0.25) is 9.59 Å². The van der Waals surface area contributed by atoms with Crippen molar-refractivity contribution >= 4 is 35.0 Å². The highest BCUT2D eigenvalue weighted by Crippen LogP contribution is 2.21. The third kappa shape index (κ3) is 5.21. The molecule has 6 heteroatoms. The molecule has 21 heavy (non-hydrogen) atoms. The van der Waals surface area contributed by atoms with Crippen LogP contribution in [0.25, 0.3) is 0 Å². The molecule has 0 aromatic heterocycles. The molecule has 1 rings (SSSR count). The summed E-state index contributed by atoms with van der Waals surface area (Å²) in [4.78, 5) is 25.9. The molecule has 0 radical (unpaired) electrons. The largest absolute Gasteiger partial charge is 0.347 e. The van der Waals surface area contributed by atoms with Crippen molar-refractivity contribution in [1.82, 2.24) is 10.2 Å². The lowest BCUT2D eigenvalue weighted by atomic mass is 10.0. The van der Waals surface area contributed by atoms with Gasteiger partial charge in [0.2, 0.25) is 5.91 Å². The Morgan fingerprint density at radius 3 is 2.33 bits per heavy atom. The number of hydrogen-bond acceptors (Lipinski definition) is 2. The molecule has 1 aromatic rings. The van der Waals surface area contributed by atoms with E-state index in [0.29, 0.717) is 17.0 Å². The summed E-state index contributed by atoms with van der Waals surface area (Å²) in [6.07, 6.45) is 0.563. The van der Waals surface area contributed by atoms with Crippen LogP contribution in [0.1, 0.15) is 30.6 Å². The molecule has 1 aromatic carbocycles. The highest BCUT2D eigenvalue weighted by Gasteiger charge is 2.24. The van der Waals surface area contributed by atoms with E-state index in [1.54, 1.807) is 26.2 Å². The molecule has 0 aliphatic carbocycles. The van der Waals surface area contributed by atoms with E-state index in [-0.39, 0.29) is 22.8 Å². The SMILES string of the molecule is CC(C)CC(NC(=O)c1ccc(Cl)cc1Cl)C(=O)N(C)C. The van der Waals surface area contributed by atoms with Crippen molar-refractivity contribution in [2.24, 2.45) is 5.92 Å². The van der Waals surface area contributed by atoms with Crippen molar-refractivity contribution in [3.05, 3.63) is 33.8 Å². The van der Waals surface area contributed by atoms with Gasteiger partial charge in [-0.25, -0.2) is 0 Å². The third-order valence-corrected chi connectivity index (χ3v) is 3.47. The molecular formula is C15H20Cl2N2O2. The van der Waals surface area contributed by atoms with E-state index >= 15 is 0 Å². The maximum Gasteiger partial charge on any atom is 0.253 e. The minimum atomic E-state index is -0.570. The number of rotatable bonds is 5. The first-order valence-corrected chi connectivity index (χ1v) is 7.45. The molecule has 0 fully saturated rings. The monoisotopic (exact) mass is 330 g/mol. The van der Waals surface area contributed by atoms with Crippen LogP contribution in [0.3, 0.4) is 0 Å². The fraction of sp³-hybridized carbons (Fsp3) is 0.467. The van der Waals surface area contributed by atoms with Gasteiger partial charge in [0.1, 0.15) is 6.04 Å². The first-order chi connectivity index (χ1) is 9.72. The molecule has 0 aliphatic heterocycles. The van der Waals surface area contributed by atoms with Crippen LogP contribution >= 0.6 is 23.2 Å². The van der Waals surface area contributed by atoms with Crippen molar-refractivity contribution in [2.75, 3.05) is 14.1 Å². The van der Waals surface area contributed by atoms with Crippen LogP contribution < -0.4 is 5.32 Å². The van der Waals surface area contributed by atoms with E-state index in [0.717, 1.165) is 0 Å². The summed E-state index contributed by atoms with van der Waals surface area (Å²) in [7, 11) is 3.33. The van der Waals surface area contributed by atoms with Gasteiger partial charge in [-0.2, -0.15) is 0 Å². The highest BCUT2D eigenvalue weighted by molar-refractivity contribution is 6.36. The first kappa shape index (κ1) is 17.8.